The summed E-state index contributed by atoms with van der Waals surface area (Å²) < 4.78 is 0. The van der Waals surface area contributed by atoms with Gasteiger partial charge in [0, 0.05) is 11.8 Å². The van der Waals surface area contributed by atoms with E-state index < -0.39 is 11.2 Å². The Hall–Kier alpha value is -1.53. The van der Waals surface area contributed by atoms with Crippen molar-refractivity contribution in [3.8, 4) is 0 Å². The van der Waals surface area contributed by atoms with Gasteiger partial charge in [-0.2, -0.15) is 0 Å². The van der Waals surface area contributed by atoms with E-state index in [1.165, 1.54) is 18.7 Å². The van der Waals surface area contributed by atoms with Crippen molar-refractivity contribution in [1.82, 2.24) is 5.06 Å². The quantitative estimate of drug-likeness (QED) is 0.615. The summed E-state index contributed by atoms with van der Waals surface area (Å²) in [6, 6.07) is 7.43. The highest BCUT2D eigenvalue weighted by molar-refractivity contribution is 8.01. The predicted molar refractivity (Wildman–Crippen MR) is 63.9 cm³/mol. The third kappa shape index (κ3) is 2.59. The first-order chi connectivity index (χ1) is 8.08. The van der Waals surface area contributed by atoms with Crippen LogP contribution in [0.1, 0.15) is 6.92 Å². The fourth-order valence-electron chi connectivity index (χ4n) is 1.50. The molecule has 17 heavy (non-hydrogen) atoms. The van der Waals surface area contributed by atoms with Crippen LogP contribution in [-0.2, 0) is 9.59 Å². The summed E-state index contributed by atoms with van der Waals surface area (Å²) in [4.78, 5) is 23.6. The molecule has 1 aliphatic heterocycles. The number of hydrogen-bond acceptors (Lipinski definition) is 4. The molecule has 2 N–H and O–H groups in total. The zero-order chi connectivity index (χ0) is 12.4. The number of rotatable bonds is 2. The Morgan fingerprint density at radius 1 is 1.53 bits per heavy atom. The molecule has 1 heterocycles. The first kappa shape index (κ1) is 11.9. The largest absolute Gasteiger partial charge is 0.324 e. The molecule has 0 aromatic heterocycles. The first-order valence-corrected chi connectivity index (χ1v) is 5.99. The van der Waals surface area contributed by atoms with Gasteiger partial charge < -0.3 is 5.32 Å². The number of amides is 2. The van der Waals surface area contributed by atoms with Crippen molar-refractivity contribution in [1.29, 1.82) is 0 Å². The summed E-state index contributed by atoms with van der Waals surface area (Å²) in [7, 11) is 0. The Labute approximate surface area is 103 Å². The summed E-state index contributed by atoms with van der Waals surface area (Å²) in [6.07, 6.45) is 0. The summed E-state index contributed by atoms with van der Waals surface area (Å²) in [5.74, 6) is -0.675. The molecule has 1 aliphatic rings. The number of hydrogen-bond donors (Lipinski definition) is 2. The second-order valence-corrected chi connectivity index (χ2v) is 4.94. The van der Waals surface area contributed by atoms with Crippen LogP contribution in [0.15, 0.2) is 29.2 Å². The minimum Gasteiger partial charge on any atom is -0.324 e. The van der Waals surface area contributed by atoms with Crippen molar-refractivity contribution < 1.29 is 14.8 Å². The van der Waals surface area contributed by atoms with Gasteiger partial charge in [-0.1, -0.05) is 12.1 Å². The molecule has 0 saturated carbocycles. The third-order valence-corrected chi connectivity index (χ3v) is 3.67. The highest BCUT2D eigenvalue weighted by Crippen LogP contribution is 2.35. The second-order valence-electron chi connectivity index (χ2n) is 3.69. The fraction of sp³-hybridized carbons (Fsp3) is 0.273. The Bertz CT molecular complexity index is 464. The van der Waals surface area contributed by atoms with Crippen molar-refractivity contribution in [2.45, 2.75) is 17.1 Å². The Morgan fingerprint density at radius 2 is 2.24 bits per heavy atom. The average molecular weight is 252 g/mol. The van der Waals surface area contributed by atoms with Crippen LogP contribution in [0.2, 0.25) is 0 Å². The lowest BCUT2D eigenvalue weighted by Gasteiger charge is -2.26. The minimum atomic E-state index is -0.487. The fourth-order valence-corrected chi connectivity index (χ4v) is 2.59. The predicted octanol–water partition coefficient (Wildman–Crippen LogP) is 1.34. The van der Waals surface area contributed by atoms with Crippen molar-refractivity contribution in [3.63, 3.8) is 0 Å². The molecule has 0 bridgehead atoms. The van der Waals surface area contributed by atoms with Gasteiger partial charge in [-0.05, 0) is 12.1 Å². The molecule has 2 amide bonds. The molecule has 2 rings (SSSR count). The van der Waals surface area contributed by atoms with E-state index in [0.717, 1.165) is 10.6 Å². The summed E-state index contributed by atoms with van der Waals surface area (Å²) in [5.41, 5.74) is 0.770. The van der Waals surface area contributed by atoms with Crippen molar-refractivity contribution in [2.75, 3.05) is 11.9 Å². The van der Waals surface area contributed by atoms with E-state index in [1.807, 2.05) is 24.3 Å². The lowest BCUT2D eigenvalue weighted by molar-refractivity contribution is -0.162. The van der Waals surface area contributed by atoms with Gasteiger partial charge >= 0.3 is 0 Å². The molecule has 0 radical (unpaired) electrons. The van der Waals surface area contributed by atoms with Crippen LogP contribution in [0.25, 0.3) is 0 Å². The van der Waals surface area contributed by atoms with E-state index in [1.54, 1.807) is 0 Å². The van der Waals surface area contributed by atoms with E-state index in [0.29, 0.717) is 5.06 Å². The summed E-state index contributed by atoms with van der Waals surface area (Å²) in [5, 5.41) is 12.2. The minimum absolute atomic E-state index is 0.0137. The van der Waals surface area contributed by atoms with Crippen LogP contribution in [0, 0.1) is 0 Å². The number of para-hydroxylation sites is 1. The highest BCUT2D eigenvalue weighted by Gasteiger charge is 2.28. The van der Waals surface area contributed by atoms with Crippen LogP contribution >= 0.6 is 11.8 Å². The maximum atomic E-state index is 11.7. The molecule has 0 saturated heterocycles. The van der Waals surface area contributed by atoms with Crippen LogP contribution < -0.4 is 5.32 Å². The maximum absolute atomic E-state index is 11.7. The molecule has 1 atom stereocenters. The van der Waals surface area contributed by atoms with E-state index in [4.69, 9.17) is 0 Å². The zero-order valence-corrected chi connectivity index (χ0v) is 10.0. The number of anilines is 1. The van der Waals surface area contributed by atoms with Crippen LogP contribution in [-0.4, -0.2) is 33.9 Å². The molecule has 0 spiro atoms. The average Bonchev–Trinajstić information content (AvgIpc) is 2.29. The highest BCUT2D eigenvalue weighted by atomic mass is 32.2. The Morgan fingerprint density at radius 3 is 2.94 bits per heavy atom. The SMILES string of the molecule is CC(=O)N(O)CC1Sc2ccccc2NC1=O. The number of nitrogens with zero attached hydrogens (tertiary/aromatic N) is 1. The third-order valence-electron chi connectivity index (χ3n) is 2.41. The zero-order valence-electron chi connectivity index (χ0n) is 9.21. The number of carbonyl (C=O) groups excluding carboxylic acids is 2. The van der Waals surface area contributed by atoms with E-state index >= 15 is 0 Å². The standard InChI is InChI=1S/C11H12N2O3S/c1-7(14)13(16)6-10-11(15)12-8-4-2-3-5-9(8)17-10/h2-5,10,16H,6H2,1H3,(H,12,15). The number of thioether (sulfide) groups is 1. The topological polar surface area (TPSA) is 69.6 Å². The van der Waals surface area contributed by atoms with Crippen LogP contribution in [0.5, 0.6) is 0 Å². The second kappa shape index (κ2) is 4.77. The molecule has 6 heteroatoms. The van der Waals surface area contributed by atoms with Crippen molar-refractivity contribution in [2.24, 2.45) is 0 Å². The van der Waals surface area contributed by atoms with Gasteiger partial charge in [0.05, 0.1) is 12.2 Å². The molecule has 5 nitrogen and oxygen atoms in total. The van der Waals surface area contributed by atoms with Gasteiger partial charge in [0.1, 0.15) is 5.25 Å². The van der Waals surface area contributed by atoms with Gasteiger partial charge in [0.25, 0.3) is 0 Å². The number of carbonyl (C=O) groups is 2. The van der Waals surface area contributed by atoms with Gasteiger partial charge in [-0.3, -0.25) is 14.8 Å². The van der Waals surface area contributed by atoms with Crippen LogP contribution in [0.4, 0.5) is 5.69 Å². The van der Waals surface area contributed by atoms with Gasteiger partial charge in [0.15, 0.2) is 0 Å². The van der Waals surface area contributed by atoms with Crippen molar-refractivity contribution in [3.05, 3.63) is 24.3 Å². The number of benzene rings is 1. The van der Waals surface area contributed by atoms with E-state index in [9.17, 15) is 14.8 Å². The van der Waals surface area contributed by atoms with Crippen LogP contribution in [0.3, 0.4) is 0 Å². The molecule has 1 aromatic carbocycles. The molecule has 1 aromatic rings. The normalized spacial score (nSPS) is 18.2. The van der Waals surface area contributed by atoms with E-state index in [2.05, 4.69) is 5.32 Å². The lowest BCUT2D eigenvalue weighted by atomic mass is 10.3. The number of nitrogens with one attached hydrogen (secondary N) is 1. The summed E-state index contributed by atoms with van der Waals surface area (Å²) >= 11 is 1.34. The first-order valence-electron chi connectivity index (χ1n) is 5.11. The molecule has 0 aliphatic carbocycles. The number of hydroxylamine groups is 2. The molecule has 90 valence electrons. The molecule has 0 fully saturated rings. The maximum Gasteiger partial charge on any atom is 0.242 e. The Balaban J connectivity index is 2.12. The number of fused-ring (bicyclic) bond motifs is 1. The monoisotopic (exact) mass is 252 g/mol. The van der Waals surface area contributed by atoms with E-state index in [-0.39, 0.29) is 12.5 Å². The molecular formula is C11H12N2O3S. The molecule has 1 unspecified atom stereocenters. The van der Waals surface area contributed by atoms with Gasteiger partial charge in [-0.15, -0.1) is 11.8 Å². The van der Waals surface area contributed by atoms with Crippen molar-refractivity contribution >= 4 is 29.3 Å². The van der Waals surface area contributed by atoms with Gasteiger partial charge in [-0.25, -0.2) is 5.06 Å². The summed E-state index contributed by atoms with van der Waals surface area (Å²) in [6.45, 7) is 1.24. The Kier molecular flexibility index (Phi) is 3.35. The molecular weight excluding hydrogens is 240 g/mol. The lowest BCUT2D eigenvalue weighted by Crippen LogP contribution is -2.40. The van der Waals surface area contributed by atoms with Gasteiger partial charge in [0.2, 0.25) is 11.8 Å². The smallest absolute Gasteiger partial charge is 0.242 e.